The minimum atomic E-state index is -0.324. The van der Waals surface area contributed by atoms with Crippen LogP contribution >= 0.6 is 12.4 Å². The number of rotatable bonds is 7. The molecule has 0 bridgehead atoms. The lowest BCUT2D eigenvalue weighted by molar-refractivity contribution is 0.0897. The highest BCUT2D eigenvalue weighted by Gasteiger charge is 2.41. The molecule has 5 heteroatoms. The number of aryl methyl sites for hydroxylation is 1. The summed E-state index contributed by atoms with van der Waals surface area (Å²) in [5.41, 5.74) is 8.48. The quantitative estimate of drug-likeness (QED) is 0.773. The van der Waals surface area contributed by atoms with E-state index in [4.69, 9.17) is 10.5 Å². The molecule has 0 saturated heterocycles. The van der Waals surface area contributed by atoms with Crippen LogP contribution in [-0.4, -0.2) is 18.0 Å². The zero-order valence-corrected chi connectivity index (χ0v) is 16.1. The summed E-state index contributed by atoms with van der Waals surface area (Å²) in [4.78, 5) is 12.6. The van der Waals surface area contributed by atoms with Crippen molar-refractivity contribution < 1.29 is 9.53 Å². The summed E-state index contributed by atoms with van der Waals surface area (Å²) in [6.45, 7) is 5.02. The fourth-order valence-corrected chi connectivity index (χ4v) is 3.07. The van der Waals surface area contributed by atoms with Gasteiger partial charge in [-0.2, -0.15) is 0 Å². The van der Waals surface area contributed by atoms with Crippen molar-refractivity contribution in [1.29, 1.82) is 0 Å². The van der Waals surface area contributed by atoms with Crippen LogP contribution < -0.4 is 15.8 Å². The van der Waals surface area contributed by atoms with Gasteiger partial charge in [-0.25, -0.2) is 0 Å². The van der Waals surface area contributed by atoms with Crippen LogP contribution in [0.3, 0.4) is 0 Å². The Morgan fingerprint density at radius 1 is 1.23 bits per heavy atom. The van der Waals surface area contributed by atoms with Gasteiger partial charge in [0.1, 0.15) is 12.4 Å². The Bertz CT molecular complexity index is 761. The van der Waals surface area contributed by atoms with Crippen molar-refractivity contribution in [3.8, 4) is 5.75 Å². The molecule has 1 atom stereocenters. The summed E-state index contributed by atoms with van der Waals surface area (Å²) >= 11 is 0. The molecule has 1 amide bonds. The predicted molar refractivity (Wildman–Crippen MR) is 107 cm³/mol. The van der Waals surface area contributed by atoms with Crippen LogP contribution in [0, 0.1) is 12.8 Å². The highest BCUT2D eigenvalue weighted by atomic mass is 35.5. The van der Waals surface area contributed by atoms with Crippen LogP contribution in [0.4, 0.5) is 0 Å². The Labute approximate surface area is 161 Å². The first-order chi connectivity index (χ1) is 12.0. The van der Waals surface area contributed by atoms with E-state index in [-0.39, 0.29) is 23.9 Å². The molecule has 0 heterocycles. The molecular weight excluding hydrogens is 348 g/mol. The zero-order valence-electron chi connectivity index (χ0n) is 15.3. The molecule has 140 valence electrons. The first-order valence-corrected chi connectivity index (χ1v) is 8.81. The second-order valence-corrected chi connectivity index (χ2v) is 7.16. The van der Waals surface area contributed by atoms with E-state index in [2.05, 4.69) is 24.4 Å². The maximum Gasteiger partial charge on any atom is 0.251 e. The molecule has 26 heavy (non-hydrogen) atoms. The molecule has 0 aromatic heterocycles. The molecule has 1 unspecified atom stereocenters. The SMILES string of the molecule is Cc1cccc(COc2cccc(C(=O)NC(C)(CN)C3CC3)c2)c1.Cl. The number of benzene rings is 2. The third-order valence-corrected chi connectivity index (χ3v) is 4.89. The summed E-state index contributed by atoms with van der Waals surface area (Å²) in [7, 11) is 0. The number of halogens is 1. The van der Waals surface area contributed by atoms with Crippen molar-refractivity contribution in [1.82, 2.24) is 5.32 Å². The Morgan fingerprint density at radius 3 is 2.62 bits per heavy atom. The van der Waals surface area contributed by atoms with Gasteiger partial charge in [0.2, 0.25) is 0 Å². The Balaban J connectivity index is 0.00000243. The molecule has 0 spiro atoms. The molecule has 0 radical (unpaired) electrons. The molecule has 2 aromatic carbocycles. The van der Waals surface area contributed by atoms with E-state index < -0.39 is 0 Å². The minimum absolute atomic E-state index is 0. The lowest BCUT2D eigenvalue weighted by atomic mass is 9.95. The number of carbonyl (C=O) groups excluding carboxylic acids is 1. The Morgan fingerprint density at radius 2 is 1.96 bits per heavy atom. The summed E-state index contributed by atoms with van der Waals surface area (Å²) < 4.78 is 5.85. The number of nitrogens with one attached hydrogen (secondary N) is 1. The fourth-order valence-electron chi connectivity index (χ4n) is 3.07. The average molecular weight is 375 g/mol. The highest BCUT2D eigenvalue weighted by molar-refractivity contribution is 5.95. The largest absolute Gasteiger partial charge is 0.489 e. The smallest absolute Gasteiger partial charge is 0.251 e. The molecule has 1 saturated carbocycles. The van der Waals surface area contributed by atoms with Gasteiger partial charge in [-0.1, -0.05) is 35.9 Å². The van der Waals surface area contributed by atoms with Crippen LogP contribution in [0.5, 0.6) is 5.75 Å². The van der Waals surface area contributed by atoms with Gasteiger partial charge in [-0.3, -0.25) is 4.79 Å². The van der Waals surface area contributed by atoms with E-state index >= 15 is 0 Å². The zero-order chi connectivity index (χ0) is 17.9. The first-order valence-electron chi connectivity index (χ1n) is 8.81. The second kappa shape index (κ2) is 8.56. The maximum atomic E-state index is 12.6. The highest BCUT2D eigenvalue weighted by Crippen LogP contribution is 2.39. The van der Waals surface area contributed by atoms with Crippen LogP contribution in [0.1, 0.15) is 41.3 Å². The Kier molecular flexibility index (Phi) is 6.68. The summed E-state index contributed by atoms with van der Waals surface area (Å²) in [5, 5.41) is 3.11. The van der Waals surface area contributed by atoms with E-state index in [0.29, 0.717) is 30.4 Å². The van der Waals surface area contributed by atoms with Crippen molar-refractivity contribution in [2.45, 2.75) is 38.8 Å². The standard InChI is InChI=1S/C21H26N2O2.ClH/c1-15-5-3-6-16(11-15)13-25-19-8-4-7-17(12-19)20(24)23-21(2,14-22)18-9-10-18;/h3-8,11-12,18H,9-10,13-14,22H2,1-2H3,(H,23,24);1H. The normalized spacial score (nSPS) is 15.5. The van der Waals surface area contributed by atoms with Crippen molar-refractivity contribution in [2.75, 3.05) is 6.54 Å². The van der Waals surface area contributed by atoms with E-state index in [9.17, 15) is 4.79 Å². The minimum Gasteiger partial charge on any atom is -0.489 e. The van der Waals surface area contributed by atoms with Crippen molar-refractivity contribution >= 4 is 18.3 Å². The maximum absolute atomic E-state index is 12.6. The van der Waals surface area contributed by atoms with Crippen LogP contribution in [0.25, 0.3) is 0 Å². The lowest BCUT2D eigenvalue weighted by Crippen LogP contribution is -2.53. The molecule has 2 aromatic rings. The third kappa shape index (κ3) is 4.99. The van der Waals surface area contributed by atoms with Crippen LogP contribution in [0.15, 0.2) is 48.5 Å². The van der Waals surface area contributed by atoms with Gasteiger partial charge in [-0.15, -0.1) is 12.4 Å². The van der Waals surface area contributed by atoms with Gasteiger partial charge in [0.05, 0.1) is 5.54 Å². The third-order valence-electron chi connectivity index (χ3n) is 4.89. The molecule has 0 aliphatic heterocycles. The number of hydrogen-bond acceptors (Lipinski definition) is 3. The Hall–Kier alpha value is -2.04. The topological polar surface area (TPSA) is 64.3 Å². The average Bonchev–Trinajstić information content (AvgIpc) is 3.46. The van der Waals surface area contributed by atoms with Gasteiger partial charge in [0, 0.05) is 12.1 Å². The van der Waals surface area contributed by atoms with Gasteiger partial charge in [0.15, 0.2) is 0 Å². The van der Waals surface area contributed by atoms with Crippen molar-refractivity contribution in [3.05, 3.63) is 65.2 Å². The molecular formula is C21H27ClN2O2. The number of ether oxygens (including phenoxy) is 1. The van der Waals surface area contributed by atoms with E-state index in [1.165, 1.54) is 5.56 Å². The second-order valence-electron chi connectivity index (χ2n) is 7.16. The molecule has 1 fully saturated rings. The molecule has 1 aliphatic rings. The predicted octanol–water partition coefficient (Wildman–Crippen LogP) is 3.85. The van der Waals surface area contributed by atoms with Gasteiger partial charge < -0.3 is 15.8 Å². The van der Waals surface area contributed by atoms with Gasteiger partial charge >= 0.3 is 0 Å². The number of carbonyl (C=O) groups is 1. The van der Waals surface area contributed by atoms with E-state index in [1.807, 2.05) is 31.2 Å². The van der Waals surface area contributed by atoms with Gasteiger partial charge in [-0.05, 0) is 56.4 Å². The first kappa shape index (κ1) is 20.3. The monoisotopic (exact) mass is 374 g/mol. The summed E-state index contributed by atoms with van der Waals surface area (Å²) in [6, 6.07) is 15.5. The van der Waals surface area contributed by atoms with Crippen molar-refractivity contribution in [2.24, 2.45) is 11.7 Å². The molecule has 3 rings (SSSR count). The van der Waals surface area contributed by atoms with Crippen molar-refractivity contribution in [3.63, 3.8) is 0 Å². The lowest BCUT2D eigenvalue weighted by Gasteiger charge is -2.29. The molecule has 3 N–H and O–H groups in total. The molecule has 1 aliphatic carbocycles. The molecule has 4 nitrogen and oxygen atoms in total. The number of amides is 1. The van der Waals surface area contributed by atoms with Gasteiger partial charge in [0.25, 0.3) is 5.91 Å². The van der Waals surface area contributed by atoms with Crippen LogP contribution in [0.2, 0.25) is 0 Å². The van der Waals surface area contributed by atoms with E-state index in [0.717, 1.165) is 18.4 Å². The fraction of sp³-hybridized carbons (Fsp3) is 0.381. The van der Waals surface area contributed by atoms with E-state index in [1.54, 1.807) is 12.1 Å². The van der Waals surface area contributed by atoms with Crippen LogP contribution in [-0.2, 0) is 6.61 Å². The number of hydrogen-bond donors (Lipinski definition) is 2. The number of nitrogens with two attached hydrogens (primary N) is 1. The summed E-state index contributed by atoms with van der Waals surface area (Å²) in [6.07, 6.45) is 2.27. The summed E-state index contributed by atoms with van der Waals surface area (Å²) in [5.74, 6) is 1.08.